The van der Waals surface area contributed by atoms with Crippen molar-refractivity contribution in [3.8, 4) is 0 Å². The summed E-state index contributed by atoms with van der Waals surface area (Å²) in [4.78, 5) is 12.4. The molecule has 0 heterocycles. The van der Waals surface area contributed by atoms with Crippen LogP contribution in [0.4, 0.5) is 15.8 Å². The second kappa shape index (κ2) is 8.12. The third-order valence-corrected chi connectivity index (χ3v) is 5.86. The lowest BCUT2D eigenvalue weighted by molar-refractivity contribution is 0.102. The quantitative estimate of drug-likeness (QED) is 0.563. The molecule has 2 N–H and O–H groups in total. The highest BCUT2D eigenvalue weighted by Gasteiger charge is 2.15. The minimum absolute atomic E-state index is 0.0548. The Labute approximate surface area is 170 Å². The van der Waals surface area contributed by atoms with Gasteiger partial charge >= 0.3 is 0 Å². The molecule has 0 fully saturated rings. The number of hydrogen-bond donors (Lipinski definition) is 2. The molecule has 0 aliphatic heterocycles. The van der Waals surface area contributed by atoms with Crippen LogP contribution in [-0.4, -0.2) is 14.3 Å². The Kier molecular flexibility index (Phi) is 5.81. The lowest BCUT2D eigenvalue weighted by Crippen LogP contribution is -2.14. The number of rotatable bonds is 5. The zero-order valence-corrected chi connectivity index (χ0v) is 17.1. The molecular weight excluding hydrogens is 447 g/mol. The lowest BCUT2D eigenvalue weighted by atomic mass is 10.1. The molecule has 0 saturated carbocycles. The predicted octanol–water partition coefficient (Wildman–Crippen LogP) is 4.95. The fourth-order valence-electron chi connectivity index (χ4n) is 2.44. The van der Waals surface area contributed by atoms with Gasteiger partial charge in [0.15, 0.2) is 0 Å². The van der Waals surface area contributed by atoms with E-state index in [4.69, 9.17) is 0 Å². The molecule has 0 aliphatic carbocycles. The fraction of sp³-hybridized carbons (Fsp3) is 0.0500. The Bertz CT molecular complexity index is 1120. The number of hydrogen-bond acceptors (Lipinski definition) is 3. The number of carbonyl (C=O) groups is 1. The van der Waals surface area contributed by atoms with E-state index in [9.17, 15) is 17.6 Å². The maximum absolute atomic E-state index is 13.0. The highest BCUT2D eigenvalue weighted by Crippen LogP contribution is 2.22. The van der Waals surface area contributed by atoms with Gasteiger partial charge in [-0.15, -0.1) is 0 Å². The van der Waals surface area contributed by atoms with Gasteiger partial charge in [-0.25, -0.2) is 12.8 Å². The summed E-state index contributed by atoms with van der Waals surface area (Å²) in [5.41, 5.74) is 2.27. The lowest BCUT2D eigenvalue weighted by Gasteiger charge is -2.11. The minimum atomic E-state index is -3.84. The van der Waals surface area contributed by atoms with Crippen molar-refractivity contribution in [3.05, 3.63) is 88.1 Å². The number of benzene rings is 3. The highest BCUT2D eigenvalue weighted by molar-refractivity contribution is 9.10. The van der Waals surface area contributed by atoms with Crippen LogP contribution in [-0.2, 0) is 10.0 Å². The summed E-state index contributed by atoms with van der Waals surface area (Å²) in [5.74, 6) is -0.830. The van der Waals surface area contributed by atoms with Crippen LogP contribution in [0.3, 0.4) is 0 Å². The number of amides is 1. The Hall–Kier alpha value is -2.71. The van der Waals surface area contributed by atoms with E-state index < -0.39 is 15.8 Å². The van der Waals surface area contributed by atoms with Gasteiger partial charge in [0.25, 0.3) is 15.9 Å². The first-order valence-electron chi connectivity index (χ1n) is 8.20. The zero-order valence-electron chi connectivity index (χ0n) is 14.7. The van der Waals surface area contributed by atoms with Crippen LogP contribution >= 0.6 is 15.9 Å². The SMILES string of the molecule is Cc1ccc(Br)cc1NC(=O)c1ccc(NS(=O)(=O)c2ccc(F)cc2)cc1. The smallest absolute Gasteiger partial charge is 0.261 e. The van der Waals surface area contributed by atoms with Crippen molar-refractivity contribution in [2.45, 2.75) is 11.8 Å². The van der Waals surface area contributed by atoms with Crippen molar-refractivity contribution in [2.75, 3.05) is 10.0 Å². The fourth-order valence-corrected chi connectivity index (χ4v) is 3.86. The molecule has 0 aromatic heterocycles. The van der Waals surface area contributed by atoms with E-state index >= 15 is 0 Å². The Morgan fingerprint density at radius 2 is 1.61 bits per heavy atom. The number of sulfonamides is 1. The van der Waals surface area contributed by atoms with Crippen LogP contribution in [0, 0.1) is 12.7 Å². The van der Waals surface area contributed by atoms with Gasteiger partial charge in [0, 0.05) is 21.4 Å². The predicted molar refractivity (Wildman–Crippen MR) is 110 cm³/mol. The minimum Gasteiger partial charge on any atom is -0.322 e. The summed E-state index contributed by atoms with van der Waals surface area (Å²) >= 11 is 3.37. The van der Waals surface area contributed by atoms with Crippen molar-refractivity contribution < 1.29 is 17.6 Å². The van der Waals surface area contributed by atoms with Crippen LogP contribution in [0.1, 0.15) is 15.9 Å². The summed E-state index contributed by atoms with van der Waals surface area (Å²) in [5, 5.41) is 2.82. The molecule has 3 aromatic carbocycles. The van der Waals surface area contributed by atoms with E-state index in [-0.39, 0.29) is 10.8 Å². The molecule has 0 radical (unpaired) electrons. The van der Waals surface area contributed by atoms with Crippen molar-refractivity contribution >= 4 is 43.2 Å². The van der Waals surface area contributed by atoms with Gasteiger partial charge in [0.1, 0.15) is 5.82 Å². The molecule has 0 bridgehead atoms. The first-order chi connectivity index (χ1) is 13.2. The Balaban J connectivity index is 1.73. The second-order valence-corrected chi connectivity index (χ2v) is 8.65. The molecule has 0 aliphatic rings. The van der Waals surface area contributed by atoms with E-state index in [1.54, 1.807) is 6.07 Å². The van der Waals surface area contributed by atoms with Gasteiger partial charge in [-0.3, -0.25) is 9.52 Å². The Morgan fingerprint density at radius 3 is 2.25 bits per heavy atom. The van der Waals surface area contributed by atoms with Crippen LogP contribution in [0.15, 0.2) is 76.1 Å². The number of nitrogens with one attached hydrogen (secondary N) is 2. The van der Waals surface area contributed by atoms with E-state index in [0.717, 1.165) is 22.2 Å². The maximum atomic E-state index is 13.0. The van der Waals surface area contributed by atoms with Crippen LogP contribution in [0.5, 0.6) is 0 Å². The van der Waals surface area contributed by atoms with Crippen molar-refractivity contribution in [1.82, 2.24) is 0 Å². The van der Waals surface area contributed by atoms with Gasteiger partial charge in [-0.05, 0) is 73.2 Å². The normalized spacial score (nSPS) is 11.1. The molecular formula is C20H16BrFN2O3S. The van der Waals surface area contributed by atoms with E-state index in [0.29, 0.717) is 16.9 Å². The van der Waals surface area contributed by atoms with Crippen LogP contribution in [0.25, 0.3) is 0 Å². The monoisotopic (exact) mass is 462 g/mol. The Morgan fingerprint density at radius 1 is 0.964 bits per heavy atom. The summed E-state index contributed by atoms with van der Waals surface area (Å²) in [6.45, 7) is 1.88. The number of aryl methyl sites for hydroxylation is 1. The van der Waals surface area contributed by atoms with Gasteiger partial charge in [-0.1, -0.05) is 22.0 Å². The average Bonchev–Trinajstić information content (AvgIpc) is 2.65. The molecule has 3 aromatic rings. The molecule has 0 spiro atoms. The van der Waals surface area contributed by atoms with E-state index in [1.807, 2.05) is 19.1 Å². The third kappa shape index (κ3) is 4.76. The summed E-state index contributed by atoms with van der Waals surface area (Å²) in [7, 11) is -3.84. The summed E-state index contributed by atoms with van der Waals surface area (Å²) in [6, 6.07) is 16.1. The molecule has 0 unspecified atom stereocenters. The van der Waals surface area contributed by atoms with Crippen molar-refractivity contribution in [1.29, 1.82) is 0 Å². The van der Waals surface area contributed by atoms with Crippen LogP contribution in [0.2, 0.25) is 0 Å². The molecule has 144 valence electrons. The van der Waals surface area contributed by atoms with Gasteiger partial charge in [-0.2, -0.15) is 0 Å². The van der Waals surface area contributed by atoms with Gasteiger partial charge < -0.3 is 5.32 Å². The number of halogens is 2. The first kappa shape index (κ1) is 20.0. The standard InChI is InChI=1S/C20H16BrFN2O3S/c1-13-2-5-15(21)12-19(13)23-20(25)14-3-8-17(9-4-14)24-28(26,27)18-10-6-16(22)7-11-18/h2-12,24H,1H3,(H,23,25). The van der Waals surface area contributed by atoms with E-state index in [2.05, 4.69) is 26.0 Å². The zero-order chi connectivity index (χ0) is 20.3. The average molecular weight is 463 g/mol. The molecule has 8 heteroatoms. The van der Waals surface area contributed by atoms with Gasteiger partial charge in [0.05, 0.1) is 4.90 Å². The number of anilines is 2. The van der Waals surface area contributed by atoms with Crippen molar-refractivity contribution in [3.63, 3.8) is 0 Å². The largest absolute Gasteiger partial charge is 0.322 e. The molecule has 5 nitrogen and oxygen atoms in total. The third-order valence-electron chi connectivity index (χ3n) is 3.97. The topological polar surface area (TPSA) is 75.3 Å². The first-order valence-corrected chi connectivity index (χ1v) is 10.5. The number of carbonyl (C=O) groups excluding carboxylic acids is 1. The van der Waals surface area contributed by atoms with E-state index in [1.165, 1.54) is 36.4 Å². The van der Waals surface area contributed by atoms with Crippen molar-refractivity contribution in [2.24, 2.45) is 0 Å². The molecule has 0 atom stereocenters. The molecule has 28 heavy (non-hydrogen) atoms. The molecule has 0 saturated heterocycles. The molecule has 3 rings (SSSR count). The maximum Gasteiger partial charge on any atom is 0.261 e. The second-order valence-electron chi connectivity index (χ2n) is 6.05. The van der Waals surface area contributed by atoms with Gasteiger partial charge in [0.2, 0.25) is 0 Å². The summed E-state index contributed by atoms with van der Waals surface area (Å²) in [6.07, 6.45) is 0. The van der Waals surface area contributed by atoms with Crippen LogP contribution < -0.4 is 10.0 Å². The molecule has 1 amide bonds. The summed E-state index contributed by atoms with van der Waals surface area (Å²) < 4.78 is 40.9. The highest BCUT2D eigenvalue weighted by atomic mass is 79.9.